The van der Waals surface area contributed by atoms with E-state index in [0.29, 0.717) is 12.0 Å². The van der Waals surface area contributed by atoms with Crippen molar-refractivity contribution >= 4 is 17.5 Å². The maximum Gasteiger partial charge on any atom is 0.303 e. The second-order valence-corrected chi connectivity index (χ2v) is 8.45. The minimum Gasteiger partial charge on any atom is -0.507 e. The average molecular weight is 402 g/mol. The summed E-state index contributed by atoms with van der Waals surface area (Å²) in [6, 6.07) is 0. The van der Waals surface area contributed by atoms with Gasteiger partial charge in [-0.15, -0.1) is 6.58 Å². The number of aliphatic hydroxyl groups excluding tert-OH is 3. The Morgan fingerprint density at radius 3 is 2.41 bits per heavy atom. The van der Waals surface area contributed by atoms with E-state index in [1.807, 2.05) is 0 Å². The number of ketones is 2. The van der Waals surface area contributed by atoms with E-state index in [0.717, 1.165) is 0 Å². The third-order valence-electron chi connectivity index (χ3n) is 6.63. The first kappa shape index (κ1) is 21.2. The number of carbonyl (C=O) groups is 3. The number of aliphatic hydroxyl groups is 3. The highest BCUT2D eigenvalue weighted by Crippen LogP contribution is 2.59. The summed E-state index contributed by atoms with van der Waals surface area (Å²) < 4.78 is 5.45. The van der Waals surface area contributed by atoms with Crippen LogP contribution in [-0.2, 0) is 19.1 Å². The van der Waals surface area contributed by atoms with Crippen LogP contribution in [0.1, 0.15) is 40.0 Å². The number of esters is 1. The van der Waals surface area contributed by atoms with Crippen LogP contribution in [0, 0.1) is 11.3 Å². The van der Waals surface area contributed by atoms with Gasteiger partial charge in [0.05, 0.1) is 6.10 Å². The van der Waals surface area contributed by atoms with Crippen molar-refractivity contribution in [2.45, 2.75) is 57.8 Å². The van der Waals surface area contributed by atoms with Crippen molar-refractivity contribution < 1.29 is 34.4 Å². The van der Waals surface area contributed by atoms with Crippen LogP contribution in [0.25, 0.3) is 0 Å². The number of ether oxygens (including phenoxy) is 1. The average Bonchev–Trinajstić information content (AvgIpc) is 2.63. The van der Waals surface area contributed by atoms with Crippen molar-refractivity contribution in [3.63, 3.8) is 0 Å². The molecule has 1 fully saturated rings. The Balaban J connectivity index is 2.22. The number of fused-ring (bicyclic) bond motifs is 2. The number of carbonyl (C=O) groups excluding carboxylic acids is 3. The predicted molar refractivity (Wildman–Crippen MR) is 104 cm³/mol. The molecule has 0 bridgehead atoms. The summed E-state index contributed by atoms with van der Waals surface area (Å²) >= 11 is 0. The molecule has 3 N–H and O–H groups in total. The second-order valence-electron chi connectivity index (χ2n) is 8.45. The van der Waals surface area contributed by atoms with Crippen molar-refractivity contribution in [2.75, 3.05) is 0 Å². The summed E-state index contributed by atoms with van der Waals surface area (Å²) in [7, 11) is 0. The number of hydrogen-bond acceptors (Lipinski definition) is 7. The molecule has 0 heterocycles. The smallest absolute Gasteiger partial charge is 0.303 e. The Bertz CT molecular complexity index is 908. The molecule has 0 unspecified atom stereocenters. The molecule has 1 saturated carbocycles. The second kappa shape index (κ2) is 6.78. The van der Waals surface area contributed by atoms with E-state index in [9.17, 15) is 29.7 Å². The minimum absolute atomic E-state index is 0.00152. The van der Waals surface area contributed by atoms with Gasteiger partial charge in [-0.2, -0.15) is 0 Å². The SMILES string of the molecule is C=CCC1=C(O)C2=C(C(=O)C1=O)[C@@]1(C)CC[C@](C)(OC(C)=O)C(=C)[C@H]1[C@H](O)[C@H]2O. The maximum atomic E-state index is 13.1. The molecule has 0 radical (unpaired) electrons. The fourth-order valence-corrected chi connectivity index (χ4v) is 5.13. The highest BCUT2D eigenvalue weighted by molar-refractivity contribution is 6.50. The highest BCUT2D eigenvalue weighted by atomic mass is 16.6. The first-order valence-electron chi connectivity index (χ1n) is 9.52. The van der Waals surface area contributed by atoms with E-state index in [1.165, 1.54) is 13.0 Å². The van der Waals surface area contributed by atoms with Gasteiger partial charge in [-0.25, -0.2) is 0 Å². The molecule has 7 heteroatoms. The normalized spacial score (nSPS) is 37.3. The lowest BCUT2D eigenvalue weighted by atomic mass is 9.50. The quantitative estimate of drug-likeness (QED) is 0.285. The number of hydrogen-bond donors (Lipinski definition) is 3. The predicted octanol–water partition coefficient (Wildman–Crippen LogP) is 1.85. The van der Waals surface area contributed by atoms with Crippen molar-refractivity contribution in [1.29, 1.82) is 0 Å². The van der Waals surface area contributed by atoms with Crippen LogP contribution >= 0.6 is 0 Å². The maximum absolute atomic E-state index is 13.1. The summed E-state index contributed by atoms with van der Waals surface area (Å²) in [5, 5.41) is 32.5. The summed E-state index contributed by atoms with van der Waals surface area (Å²) in [6.07, 6.45) is -1.07. The van der Waals surface area contributed by atoms with Crippen LogP contribution < -0.4 is 0 Å². The minimum atomic E-state index is -1.60. The molecular weight excluding hydrogens is 376 g/mol. The first-order valence-corrected chi connectivity index (χ1v) is 9.52. The summed E-state index contributed by atoms with van der Waals surface area (Å²) in [4.78, 5) is 37.3. The molecule has 7 nitrogen and oxygen atoms in total. The number of rotatable bonds is 3. The molecule has 0 aliphatic heterocycles. The standard InChI is InChI=1S/C22H26O7/c1-6-7-12-16(24)13-15(20(28)17(12)25)21(4)8-9-22(5,29-11(3)23)10(2)14(21)19(27)18(13)26/h6,14,18-19,24,26-27H,1-2,7-9H2,3-5H3/t14-,18-,19-,21-,22-/m0/s1. The van der Waals surface area contributed by atoms with E-state index in [2.05, 4.69) is 13.2 Å². The van der Waals surface area contributed by atoms with E-state index in [-0.39, 0.29) is 29.6 Å². The Kier molecular flexibility index (Phi) is 4.96. The molecule has 0 amide bonds. The molecule has 0 saturated heterocycles. The Labute approximate surface area is 169 Å². The Hall–Kier alpha value is -2.51. The third kappa shape index (κ3) is 2.83. The van der Waals surface area contributed by atoms with Gasteiger partial charge in [0.15, 0.2) is 0 Å². The Morgan fingerprint density at radius 1 is 1.24 bits per heavy atom. The lowest BCUT2D eigenvalue weighted by molar-refractivity contribution is -0.159. The van der Waals surface area contributed by atoms with Crippen molar-refractivity contribution in [3.8, 4) is 0 Å². The molecule has 0 aromatic carbocycles. The summed E-state index contributed by atoms with van der Waals surface area (Å²) in [5.74, 6) is -3.49. The van der Waals surface area contributed by atoms with Crippen LogP contribution in [0.3, 0.4) is 0 Å². The molecule has 0 aromatic rings. The molecule has 156 valence electrons. The molecule has 0 spiro atoms. The zero-order valence-corrected chi connectivity index (χ0v) is 16.8. The van der Waals surface area contributed by atoms with Crippen LogP contribution in [0.5, 0.6) is 0 Å². The van der Waals surface area contributed by atoms with Gasteiger partial charge in [0.2, 0.25) is 11.6 Å². The highest BCUT2D eigenvalue weighted by Gasteiger charge is 2.61. The molecule has 3 rings (SSSR count). The number of Topliss-reactive ketones (excluding diaryl/α,β-unsaturated/α-hetero) is 2. The zero-order valence-electron chi connectivity index (χ0n) is 16.8. The molecule has 5 atom stereocenters. The fourth-order valence-electron chi connectivity index (χ4n) is 5.13. The van der Waals surface area contributed by atoms with E-state index < -0.39 is 52.4 Å². The lowest BCUT2D eigenvalue weighted by Gasteiger charge is -2.56. The molecule has 3 aliphatic carbocycles. The summed E-state index contributed by atoms with van der Waals surface area (Å²) in [6.45, 7) is 12.2. The first-order chi connectivity index (χ1) is 13.4. The van der Waals surface area contributed by atoms with Gasteiger partial charge in [0.25, 0.3) is 0 Å². The lowest BCUT2D eigenvalue weighted by Crippen LogP contribution is -2.59. The van der Waals surface area contributed by atoms with E-state index in [1.54, 1.807) is 13.8 Å². The van der Waals surface area contributed by atoms with E-state index >= 15 is 0 Å². The van der Waals surface area contributed by atoms with E-state index in [4.69, 9.17) is 4.74 Å². The third-order valence-corrected chi connectivity index (χ3v) is 6.63. The van der Waals surface area contributed by atoms with Crippen LogP contribution in [0.2, 0.25) is 0 Å². The molecule has 29 heavy (non-hydrogen) atoms. The van der Waals surface area contributed by atoms with Gasteiger partial charge < -0.3 is 20.1 Å². The van der Waals surface area contributed by atoms with Gasteiger partial charge in [-0.05, 0) is 31.8 Å². The van der Waals surface area contributed by atoms with Gasteiger partial charge in [0, 0.05) is 35.0 Å². The van der Waals surface area contributed by atoms with Crippen LogP contribution in [-0.4, -0.2) is 50.7 Å². The van der Waals surface area contributed by atoms with Gasteiger partial charge in [-0.1, -0.05) is 19.6 Å². The van der Waals surface area contributed by atoms with Crippen molar-refractivity contribution in [2.24, 2.45) is 11.3 Å². The number of allylic oxidation sites excluding steroid dienone is 3. The zero-order chi connectivity index (χ0) is 21.9. The fraction of sp³-hybridized carbons (Fsp3) is 0.500. The van der Waals surface area contributed by atoms with Crippen molar-refractivity contribution in [3.05, 3.63) is 47.3 Å². The van der Waals surface area contributed by atoms with Gasteiger partial charge in [0.1, 0.15) is 17.5 Å². The molecule has 3 aliphatic rings. The summed E-state index contributed by atoms with van der Waals surface area (Å²) in [5.41, 5.74) is -2.03. The van der Waals surface area contributed by atoms with Crippen molar-refractivity contribution in [1.82, 2.24) is 0 Å². The molecular formula is C22H26O7. The monoisotopic (exact) mass is 402 g/mol. The topological polar surface area (TPSA) is 121 Å². The molecule has 0 aromatic heterocycles. The van der Waals surface area contributed by atoms with Gasteiger partial charge in [-0.3, -0.25) is 14.4 Å². The van der Waals surface area contributed by atoms with Crippen LogP contribution in [0.4, 0.5) is 0 Å². The van der Waals surface area contributed by atoms with Crippen LogP contribution in [0.15, 0.2) is 47.3 Å². The van der Waals surface area contributed by atoms with Gasteiger partial charge >= 0.3 is 5.97 Å². The largest absolute Gasteiger partial charge is 0.507 e. The Morgan fingerprint density at radius 2 is 1.86 bits per heavy atom.